The van der Waals surface area contributed by atoms with Gasteiger partial charge >= 0.3 is 6.61 Å². The number of rotatable bonds is 6. The first-order valence-electron chi connectivity index (χ1n) is 7.88. The molecule has 0 aromatic heterocycles. The van der Waals surface area contributed by atoms with Gasteiger partial charge in [-0.3, -0.25) is 0 Å². The zero-order valence-corrected chi connectivity index (χ0v) is 16.2. The number of hydrogen-bond acceptors (Lipinski definition) is 3. The Morgan fingerprint density at radius 2 is 1.92 bits per heavy atom. The van der Waals surface area contributed by atoms with Crippen LogP contribution in [0.25, 0.3) is 0 Å². The Hall–Kier alpha value is -1.11. The summed E-state index contributed by atoms with van der Waals surface area (Å²) < 4.78 is 29.6. The van der Waals surface area contributed by atoms with Crippen molar-refractivity contribution < 1.29 is 13.5 Å². The lowest BCUT2D eigenvalue weighted by atomic mass is 10.0. The van der Waals surface area contributed by atoms with Gasteiger partial charge in [-0.05, 0) is 36.7 Å². The molecule has 144 valence electrons. The Morgan fingerprint density at radius 1 is 1.15 bits per heavy atom. The highest BCUT2D eigenvalue weighted by atomic mass is 35.5. The van der Waals surface area contributed by atoms with Crippen molar-refractivity contribution in [2.45, 2.75) is 31.7 Å². The van der Waals surface area contributed by atoms with Crippen LogP contribution in [-0.4, -0.2) is 19.2 Å². The summed E-state index contributed by atoms with van der Waals surface area (Å²) in [5, 5.41) is 7.61. The van der Waals surface area contributed by atoms with Gasteiger partial charge in [0.15, 0.2) is 0 Å². The van der Waals surface area contributed by atoms with Crippen LogP contribution in [-0.2, 0) is 6.54 Å². The zero-order chi connectivity index (χ0) is 16.9. The second-order valence-corrected chi connectivity index (χ2v) is 6.19. The zero-order valence-electron chi connectivity index (χ0n) is 13.8. The minimum atomic E-state index is -2.82. The molecule has 1 fully saturated rings. The van der Waals surface area contributed by atoms with Gasteiger partial charge in [-0.25, -0.2) is 0 Å². The fourth-order valence-corrected chi connectivity index (χ4v) is 3.27. The van der Waals surface area contributed by atoms with Crippen molar-refractivity contribution in [1.29, 1.82) is 0 Å². The predicted octanol–water partition coefficient (Wildman–Crippen LogP) is 4.98. The summed E-state index contributed by atoms with van der Waals surface area (Å²) in [6, 6.07) is 15.0. The molecule has 2 aromatic carbocycles. The highest BCUT2D eigenvalue weighted by Gasteiger charge is 2.28. The maximum Gasteiger partial charge on any atom is 0.387 e. The topological polar surface area (TPSA) is 33.3 Å². The summed E-state index contributed by atoms with van der Waals surface area (Å²) in [7, 11) is 0. The fraction of sp³-hybridized carbons (Fsp3) is 0.333. The van der Waals surface area contributed by atoms with Crippen LogP contribution in [0.4, 0.5) is 8.78 Å². The molecule has 1 aliphatic heterocycles. The molecular formula is C18H21Cl3F2N2O. The lowest BCUT2D eigenvalue weighted by Gasteiger charge is -2.22. The van der Waals surface area contributed by atoms with Gasteiger partial charge in [0.2, 0.25) is 0 Å². The third kappa shape index (κ3) is 5.96. The van der Waals surface area contributed by atoms with Gasteiger partial charge in [0, 0.05) is 29.2 Å². The van der Waals surface area contributed by atoms with E-state index in [9.17, 15) is 8.78 Å². The Labute approximate surface area is 169 Å². The third-order valence-electron chi connectivity index (χ3n) is 4.17. The van der Waals surface area contributed by atoms with Crippen molar-refractivity contribution in [3.05, 3.63) is 64.7 Å². The number of hydrogen-bond donors (Lipinski definition) is 2. The van der Waals surface area contributed by atoms with Gasteiger partial charge in [-0.1, -0.05) is 41.9 Å². The number of benzene rings is 2. The summed E-state index contributed by atoms with van der Waals surface area (Å²) in [5.74, 6) is 0.213. The van der Waals surface area contributed by atoms with Gasteiger partial charge in [0.05, 0.1) is 0 Å². The SMILES string of the molecule is Cl.Cl.FC(F)Oc1ccccc1CN[C@@H]1CCN[C@@H]1c1cccc(Cl)c1. The third-order valence-corrected chi connectivity index (χ3v) is 4.41. The molecule has 8 heteroatoms. The van der Waals surface area contributed by atoms with E-state index in [1.54, 1.807) is 18.2 Å². The molecule has 0 bridgehead atoms. The lowest BCUT2D eigenvalue weighted by molar-refractivity contribution is -0.0505. The summed E-state index contributed by atoms with van der Waals surface area (Å²) in [6.07, 6.45) is 0.953. The number of ether oxygens (including phenoxy) is 1. The summed E-state index contributed by atoms with van der Waals surface area (Å²) >= 11 is 6.08. The Morgan fingerprint density at radius 3 is 2.65 bits per heavy atom. The van der Waals surface area contributed by atoms with Crippen molar-refractivity contribution in [2.75, 3.05) is 6.54 Å². The Balaban J connectivity index is 0.00000169. The molecule has 1 heterocycles. The number of alkyl halides is 2. The van der Waals surface area contributed by atoms with Gasteiger partial charge < -0.3 is 15.4 Å². The second kappa shape index (κ2) is 10.9. The van der Waals surface area contributed by atoms with Gasteiger partial charge in [0.1, 0.15) is 5.75 Å². The molecule has 2 N–H and O–H groups in total. The molecule has 1 saturated heterocycles. The summed E-state index contributed by atoms with van der Waals surface area (Å²) in [5.41, 5.74) is 1.84. The molecule has 0 aliphatic carbocycles. The van der Waals surface area contributed by atoms with E-state index in [2.05, 4.69) is 15.4 Å². The van der Waals surface area contributed by atoms with Gasteiger partial charge in [0.25, 0.3) is 0 Å². The highest BCUT2D eigenvalue weighted by molar-refractivity contribution is 6.30. The predicted molar refractivity (Wildman–Crippen MR) is 105 cm³/mol. The second-order valence-electron chi connectivity index (χ2n) is 5.75. The quantitative estimate of drug-likeness (QED) is 0.685. The summed E-state index contributed by atoms with van der Waals surface area (Å²) in [4.78, 5) is 0. The van der Waals surface area contributed by atoms with E-state index in [-0.39, 0.29) is 42.6 Å². The lowest BCUT2D eigenvalue weighted by Crippen LogP contribution is -2.34. The van der Waals surface area contributed by atoms with E-state index in [0.717, 1.165) is 24.1 Å². The first-order chi connectivity index (χ1) is 11.6. The van der Waals surface area contributed by atoms with Crippen molar-refractivity contribution in [3.63, 3.8) is 0 Å². The van der Waals surface area contributed by atoms with Crippen LogP contribution in [0.5, 0.6) is 5.75 Å². The molecule has 26 heavy (non-hydrogen) atoms. The minimum Gasteiger partial charge on any atom is -0.434 e. The Bertz CT molecular complexity index is 691. The molecule has 0 radical (unpaired) electrons. The van der Waals surface area contributed by atoms with Crippen LogP contribution in [0.1, 0.15) is 23.6 Å². The standard InChI is InChI=1S/C18H19ClF2N2O.2ClH/c19-14-6-3-5-12(10-14)17-15(8-9-22-17)23-11-13-4-1-2-7-16(13)24-18(20)21;;/h1-7,10,15,17-18,22-23H,8-9,11H2;2*1H/t15-,17-;;/m1../s1. The van der Waals surface area contributed by atoms with E-state index in [1.807, 2.05) is 30.3 Å². The molecule has 0 amide bonds. The molecule has 2 aromatic rings. The van der Waals surface area contributed by atoms with Crippen LogP contribution in [0, 0.1) is 0 Å². The van der Waals surface area contributed by atoms with Gasteiger partial charge in [-0.2, -0.15) is 8.78 Å². The molecule has 3 nitrogen and oxygen atoms in total. The number of halogens is 5. The average molecular weight is 426 g/mol. The van der Waals surface area contributed by atoms with Gasteiger partial charge in [-0.15, -0.1) is 24.8 Å². The number of nitrogens with one attached hydrogen (secondary N) is 2. The van der Waals surface area contributed by atoms with E-state index >= 15 is 0 Å². The summed E-state index contributed by atoms with van der Waals surface area (Å²) in [6.45, 7) is -1.46. The van der Waals surface area contributed by atoms with Crippen LogP contribution in [0.2, 0.25) is 5.02 Å². The van der Waals surface area contributed by atoms with Crippen molar-refractivity contribution in [1.82, 2.24) is 10.6 Å². The maximum absolute atomic E-state index is 12.5. The molecule has 3 rings (SSSR count). The van der Waals surface area contributed by atoms with E-state index in [4.69, 9.17) is 11.6 Å². The van der Waals surface area contributed by atoms with Crippen LogP contribution >= 0.6 is 36.4 Å². The van der Waals surface area contributed by atoms with Crippen molar-refractivity contribution >= 4 is 36.4 Å². The van der Waals surface area contributed by atoms with Crippen LogP contribution in [0.15, 0.2) is 48.5 Å². The minimum absolute atomic E-state index is 0. The molecule has 0 saturated carbocycles. The first kappa shape index (κ1) is 22.9. The van der Waals surface area contributed by atoms with E-state index in [0.29, 0.717) is 11.6 Å². The molecule has 1 aliphatic rings. The maximum atomic E-state index is 12.5. The fourth-order valence-electron chi connectivity index (χ4n) is 3.08. The molecule has 2 atom stereocenters. The van der Waals surface area contributed by atoms with Crippen LogP contribution in [0.3, 0.4) is 0 Å². The molecule has 0 spiro atoms. The van der Waals surface area contributed by atoms with E-state index in [1.165, 1.54) is 0 Å². The van der Waals surface area contributed by atoms with E-state index < -0.39 is 6.61 Å². The van der Waals surface area contributed by atoms with Crippen molar-refractivity contribution in [3.8, 4) is 5.75 Å². The van der Waals surface area contributed by atoms with Crippen LogP contribution < -0.4 is 15.4 Å². The number of para-hydroxylation sites is 1. The highest BCUT2D eigenvalue weighted by Crippen LogP contribution is 2.27. The largest absolute Gasteiger partial charge is 0.434 e. The first-order valence-corrected chi connectivity index (χ1v) is 8.26. The molecular weight excluding hydrogens is 405 g/mol. The molecule has 0 unspecified atom stereocenters. The smallest absolute Gasteiger partial charge is 0.387 e. The monoisotopic (exact) mass is 424 g/mol. The van der Waals surface area contributed by atoms with Crippen molar-refractivity contribution in [2.24, 2.45) is 0 Å². The average Bonchev–Trinajstić information content (AvgIpc) is 3.02. The Kier molecular flexibility index (Phi) is 9.61. The normalized spacial score (nSPS) is 18.9.